The molecule has 0 radical (unpaired) electrons. The normalized spacial score (nSPS) is 21.2. The second-order valence-electron chi connectivity index (χ2n) is 5.51. The van der Waals surface area contributed by atoms with E-state index in [9.17, 15) is 9.59 Å². The highest BCUT2D eigenvalue weighted by Gasteiger charge is 2.28. The number of carbonyl (C=O) groups excluding carboxylic acids is 2. The molecule has 0 saturated heterocycles. The van der Waals surface area contributed by atoms with Gasteiger partial charge in [0.1, 0.15) is 0 Å². The molecule has 1 amide bonds. The Bertz CT molecular complexity index is 554. The van der Waals surface area contributed by atoms with Crippen molar-refractivity contribution in [2.45, 2.75) is 38.6 Å². The van der Waals surface area contributed by atoms with Gasteiger partial charge in [-0.2, -0.15) is 0 Å². The van der Waals surface area contributed by atoms with Crippen molar-refractivity contribution in [1.29, 1.82) is 0 Å². The summed E-state index contributed by atoms with van der Waals surface area (Å²) in [4.78, 5) is 24.0. The third-order valence-electron chi connectivity index (χ3n) is 3.94. The van der Waals surface area contributed by atoms with Crippen LogP contribution < -0.4 is 11.1 Å². The van der Waals surface area contributed by atoms with Crippen molar-refractivity contribution in [2.24, 2.45) is 5.92 Å². The van der Waals surface area contributed by atoms with Crippen LogP contribution >= 0.6 is 15.9 Å². The van der Waals surface area contributed by atoms with Crippen molar-refractivity contribution in [3.8, 4) is 0 Å². The summed E-state index contributed by atoms with van der Waals surface area (Å²) in [6.07, 6.45) is 3.07. The van der Waals surface area contributed by atoms with E-state index in [1.165, 1.54) is 0 Å². The van der Waals surface area contributed by atoms with Crippen LogP contribution in [-0.4, -0.2) is 24.5 Å². The van der Waals surface area contributed by atoms with Gasteiger partial charge in [-0.1, -0.05) is 15.9 Å². The van der Waals surface area contributed by atoms with Crippen LogP contribution in [0.2, 0.25) is 0 Å². The zero-order valence-electron chi connectivity index (χ0n) is 12.6. The van der Waals surface area contributed by atoms with Crippen molar-refractivity contribution >= 4 is 33.5 Å². The van der Waals surface area contributed by atoms with Gasteiger partial charge in [0.2, 0.25) is 0 Å². The molecule has 0 bridgehead atoms. The molecular weight excluding hydrogens is 348 g/mol. The standard InChI is InChI=1S/C16H21BrN2O3/c1-2-22-16(21)10-3-6-12(7-4-10)19-15(20)13-8-5-11(17)9-14(13)18/h5,8-10,12H,2-4,6-7,18H2,1H3,(H,19,20). The zero-order chi connectivity index (χ0) is 16.1. The maximum absolute atomic E-state index is 12.3. The number of nitrogens with one attached hydrogen (secondary N) is 1. The predicted molar refractivity (Wildman–Crippen MR) is 88.4 cm³/mol. The summed E-state index contributed by atoms with van der Waals surface area (Å²) in [6.45, 7) is 2.23. The first kappa shape index (κ1) is 16.8. The van der Waals surface area contributed by atoms with Gasteiger partial charge >= 0.3 is 5.97 Å². The second-order valence-corrected chi connectivity index (χ2v) is 6.42. The maximum Gasteiger partial charge on any atom is 0.308 e. The number of anilines is 1. The zero-order valence-corrected chi connectivity index (χ0v) is 14.2. The summed E-state index contributed by atoms with van der Waals surface area (Å²) in [5.41, 5.74) is 6.80. The lowest BCUT2D eigenvalue weighted by Crippen LogP contribution is -2.39. The monoisotopic (exact) mass is 368 g/mol. The number of nitrogens with two attached hydrogens (primary N) is 1. The predicted octanol–water partition coefficient (Wildman–Crippen LogP) is 2.88. The highest BCUT2D eigenvalue weighted by Crippen LogP contribution is 2.26. The number of rotatable bonds is 4. The Labute approximate surface area is 138 Å². The van der Waals surface area contributed by atoms with Crippen LogP contribution in [0, 0.1) is 5.92 Å². The molecular formula is C16H21BrN2O3. The Balaban J connectivity index is 1.88. The van der Waals surface area contributed by atoms with Crippen molar-refractivity contribution < 1.29 is 14.3 Å². The van der Waals surface area contributed by atoms with Crippen molar-refractivity contribution in [2.75, 3.05) is 12.3 Å². The molecule has 1 aliphatic rings. The van der Waals surface area contributed by atoms with Gasteiger partial charge < -0.3 is 15.8 Å². The Kier molecular flexibility index (Phi) is 5.83. The molecule has 120 valence electrons. The molecule has 0 spiro atoms. The third-order valence-corrected chi connectivity index (χ3v) is 4.43. The summed E-state index contributed by atoms with van der Waals surface area (Å²) < 4.78 is 5.89. The van der Waals surface area contributed by atoms with Crippen LogP contribution in [0.25, 0.3) is 0 Å². The lowest BCUT2D eigenvalue weighted by molar-refractivity contribution is -0.149. The largest absolute Gasteiger partial charge is 0.466 e. The summed E-state index contributed by atoms with van der Waals surface area (Å²) >= 11 is 3.32. The molecule has 0 unspecified atom stereocenters. The van der Waals surface area contributed by atoms with Crippen LogP contribution in [0.15, 0.2) is 22.7 Å². The number of nitrogen functional groups attached to an aromatic ring is 1. The van der Waals surface area contributed by atoms with Crippen molar-refractivity contribution in [3.63, 3.8) is 0 Å². The van der Waals surface area contributed by atoms with E-state index in [1.807, 2.05) is 6.92 Å². The van der Waals surface area contributed by atoms with Gasteiger partial charge in [-0.25, -0.2) is 0 Å². The molecule has 1 aromatic carbocycles. The van der Waals surface area contributed by atoms with Gasteiger partial charge in [-0.15, -0.1) is 0 Å². The highest BCUT2D eigenvalue weighted by molar-refractivity contribution is 9.10. The summed E-state index contributed by atoms with van der Waals surface area (Å²) in [5, 5.41) is 3.00. The number of halogens is 1. The topological polar surface area (TPSA) is 81.4 Å². The van der Waals surface area contributed by atoms with Crippen molar-refractivity contribution in [1.82, 2.24) is 5.32 Å². The van der Waals surface area contributed by atoms with Gasteiger partial charge in [0.25, 0.3) is 5.91 Å². The Morgan fingerprint density at radius 1 is 1.32 bits per heavy atom. The minimum atomic E-state index is -0.162. The fourth-order valence-corrected chi connectivity index (χ4v) is 3.12. The molecule has 2 rings (SSSR count). The van der Waals surface area contributed by atoms with E-state index in [1.54, 1.807) is 18.2 Å². The van der Waals surface area contributed by atoms with E-state index < -0.39 is 0 Å². The molecule has 0 heterocycles. The molecule has 5 nitrogen and oxygen atoms in total. The first-order valence-corrected chi connectivity index (χ1v) is 8.33. The number of carbonyl (C=O) groups is 2. The van der Waals surface area contributed by atoms with E-state index in [0.717, 1.165) is 30.2 Å². The smallest absolute Gasteiger partial charge is 0.308 e. The minimum absolute atomic E-state index is 0.0362. The van der Waals surface area contributed by atoms with Crippen LogP contribution in [0.3, 0.4) is 0 Å². The van der Waals surface area contributed by atoms with Crippen LogP contribution in [0.1, 0.15) is 43.0 Å². The van der Waals surface area contributed by atoms with Gasteiger partial charge in [-0.05, 0) is 50.8 Å². The van der Waals surface area contributed by atoms with Gasteiger partial charge in [-0.3, -0.25) is 9.59 Å². The summed E-state index contributed by atoms with van der Waals surface area (Å²) in [7, 11) is 0. The quantitative estimate of drug-likeness (QED) is 0.632. The second kappa shape index (κ2) is 7.63. The van der Waals surface area contributed by atoms with Crippen molar-refractivity contribution in [3.05, 3.63) is 28.2 Å². The number of amides is 1. The van der Waals surface area contributed by atoms with E-state index >= 15 is 0 Å². The van der Waals surface area contributed by atoms with Crippen LogP contribution in [0.5, 0.6) is 0 Å². The number of hydrogen-bond donors (Lipinski definition) is 2. The molecule has 1 fully saturated rings. The Hall–Kier alpha value is -1.56. The van der Waals surface area contributed by atoms with Crippen LogP contribution in [-0.2, 0) is 9.53 Å². The first-order valence-electron chi connectivity index (χ1n) is 7.53. The van der Waals surface area contributed by atoms with E-state index in [0.29, 0.717) is 17.9 Å². The summed E-state index contributed by atoms with van der Waals surface area (Å²) in [6, 6.07) is 5.30. The molecule has 0 atom stereocenters. The average molecular weight is 369 g/mol. The maximum atomic E-state index is 12.3. The Morgan fingerprint density at radius 3 is 2.59 bits per heavy atom. The minimum Gasteiger partial charge on any atom is -0.466 e. The lowest BCUT2D eigenvalue weighted by atomic mass is 9.86. The first-order chi connectivity index (χ1) is 10.5. The molecule has 22 heavy (non-hydrogen) atoms. The highest BCUT2D eigenvalue weighted by atomic mass is 79.9. The molecule has 0 aliphatic heterocycles. The van der Waals surface area contributed by atoms with E-state index in [2.05, 4.69) is 21.2 Å². The summed E-state index contributed by atoms with van der Waals surface area (Å²) in [5.74, 6) is -0.320. The molecule has 1 saturated carbocycles. The number of benzene rings is 1. The molecule has 1 aromatic rings. The van der Waals surface area contributed by atoms with E-state index in [4.69, 9.17) is 10.5 Å². The molecule has 3 N–H and O–H groups in total. The number of esters is 1. The fourth-order valence-electron chi connectivity index (χ4n) is 2.74. The van der Waals surface area contributed by atoms with Gasteiger partial charge in [0, 0.05) is 16.2 Å². The molecule has 1 aliphatic carbocycles. The van der Waals surface area contributed by atoms with Gasteiger partial charge in [0.15, 0.2) is 0 Å². The fraction of sp³-hybridized carbons (Fsp3) is 0.500. The average Bonchev–Trinajstić information content (AvgIpc) is 2.48. The molecule has 6 heteroatoms. The molecule has 0 aromatic heterocycles. The number of hydrogen-bond acceptors (Lipinski definition) is 4. The SMILES string of the molecule is CCOC(=O)C1CCC(NC(=O)c2ccc(Br)cc2N)CC1. The van der Waals surface area contributed by atoms with Crippen LogP contribution in [0.4, 0.5) is 5.69 Å². The lowest BCUT2D eigenvalue weighted by Gasteiger charge is -2.28. The third kappa shape index (κ3) is 4.22. The van der Waals surface area contributed by atoms with Gasteiger partial charge in [0.05, 0.1) is 18.1 Å². The number of ether oxygens (including phenoxy) is 1. The van der Waals surface area contributed by atoms with E-state index in [-0.39, 0.29) is 23.8 Å². The Morgan fingerprint density at radius 2 is 2.00 bits per heavy atom.